The minimum Gasteiger partial charge on any atom is -0.288 e. The van der Waals surface area contributed by atoms with Gasteiger partial charge < -0.3 is 0 Å². The standard InChI is InChI=1S/C29H21OP/c30-29(31(24-15-6-2-7-16-24)25-17-8-3-9-18-25)27-21-20-22-12-10-11-19-26(22)28(27)23-13-4-1-5-14-23/h1-21H. The maximum atomic E-state index is 14.2. The zero-order valence-electron chi connectivity index (χ0n) is 17.0. The Kier molecular flexibility index (Phi) is 5.44. The molecule has 0 N–H and O–H groups in total. The number of hydrogen-bond donors (Lipinski definition) is 0. The third-order valence-corrected chi connectivity index (χ3v) is 7.73. The van der Waals surface area contributed by atoms with Gasteiger partial charge in [-0.05, 0) is 33.0 Å². The Labute approximate surface area is 183 Å². The van der Waals surface area contributed by atoms with Gasteiger partial charge in [0.2, 0.25) is 0 Å². The molecule has 5 aromatic carbocycles. The van der Waals surface area contributed by atoms with E-state index in [2.05, 4.69) is 54.6 Å². The van der Waals surface area contributed by atoms with Crippen LogP contribution in [-0.2, 0) is 0 Å². The quantitative estimate of drug-likeness (QED) is 0.289. The highest BCUT2D eigenvalue weighted by Gasteiger charge is 2.26. The summed E-state index contributed by atoms with van der Waals surface area (Å²) in [6.07, 6.45) is 0. The number of carbonyl (C=O) groups excluding carboxylic acids is 1. The molecule has 0 atom stereocenters. The maximum absolute atomic E-state index is 14.2. The molecule has 0 aliphatic heterocycles. The molecule has 0 saturated heterocycles. The van der Waals surface area contributed by atoms with Gasteiger partial charge in [0.25, 0.3) is 0 Å². The molecule has 0 fully saturated rings. The summed E-state index contributed by atoms with van der Waals surface area (Å²) in [5.74, 6) is 0. The number of carbonyl (C=O) groups is 1. The molecule has 0 saturated carbocycles. The second-order valence-electron chi connectivity index (χ2n) is 7.39. The van der Waals surface area contributed by atoms with Crippen LogP contribution in [0.1, 0.15) is 10.4 Å². The first-order valence-corrected chi connectivity index (χ1v) is 11.7. The summed E-state index contributed by atoms with van der Waals surface area (Å²) in [7, 11) is -1.19. The maximum Gasteiger partial charge on any atom is 0.193 e. The number of hydrogen-bond acceptors (Lipinski definition) is 1. The Morgan fingerprint density at radius 3 is 1.65 bits per heavy atom. The van der Waals surface area contributed by atoms with Crippen molar-refractivity contribution in [3.63, 3.8) is 0 Å². The van der Waals surface area contributed by atoms with Crippen LogP contribution in [0, 0.1) is 0 Å². The van der Waals surface area contributed by atoms with E-state index in [-0.39, 0.29) is 5.52 Å². The van der Waals surface area contributed by atoms with Crippen LogP contribution in [0.2, 0.25) is 0 Å². The van der Waals surface area contributed by atoms with Crippen molar-refractivity contribution >= 4 is 34.8 Å². The first-order chi connectivity index (χ1) is 15.3. The van der Waals surface area contributed by atoms with Crippen LogP contribution in [0.15, 0.2) is 127 Å². The van der Waals surface area contributed by atoms with Crippen LogP contribution >= 0.6 is 7.92 Å². The zero-order valence-corrected chi connectivity index (χ0v) is 17.9. The van der Waals surface area contributed by atoms with Crippen molar-refractivity contribution in [2.45, 2.75) is 0 Å². The summed E-state index contributed by atoms with van der Waals surface area (Å²) in [5, 5.41) is 4.39. The van der Waals surface area contributed by atoms with E-state index in [0.29, 0.717) is 0 Å². The van der Waals surface area contributed by atoms with Crippen molar-refractivity contribution in [3.8, 4) is 11.1 Å². The van der Waals surface area contributed by atoms with Crippen molar-refractivity contribution < 1.29 is 4.79 Å². The van der Waals surface area contributed by atoms with E-state index in [1.54, 1.807) is 0 Å². The topological polar surface area (TPSA) is 17.1 Å². The molecule has 1 nitrogen and oxygen atoms in total. The van der Waals surface area contributed by atoms with Crippen molar-refractivity contribution in [1.29, 1.82) is 0 Å². The highest BCUT2D eigenvalue weighted by atomic mass is 31.1. The molecule has 31 heavy (non-hydrogen) atoms. The highest BCUT2D eigenvalue weighted by Crippen LogP contribution is 2.42. The van der Waals surface area contributed by atoms with Crippen LogP contribution in [0.25, 0.3) is 21.9 Å². The average Bonchev–Trinajstić information content (AvgIpc) is 2.85. The van der Waals surface area contributed by atoms with E-state index < -0.39 is 7.92 Å². The Morgan fingerprint density at radius 2 is 1.03 bits per heavy atom. The lowest BCUT2D eigenvalue weighted by atomic mass is 9.94. The van der Waals surface area contributed by atoms with E-state index in [1.165, 1.54) is 0 Å². The second kappa shape index (κ2) is 8.68. The van der Waals surface area contributed by atoms with Crippen LogP contribution in [-0.4, -0.2) is 5.52 Å². The van der Waals surface area contributed by atoms with Crippen LogP contribution < -0.4 is 10.6 Å². The van der Waals surface area contributed by atoms with Crippen LogP contribution in [0.4, 0.5) is 0 Å². The molecule has 0 radical (unpaired) electrons. The van der Waals surface area contributed by atoms with Gasteiger partial charge in [-0.15, -0.1) is 0 Å². The molecule has 148 valence electrons. The molecule has 0 aliphatic rings. The molecule has 5 aromatic rings. The third kappa shape index (κ3) is 3.81. The summed E-state index contributed by atoms with van der Waals surface area (Å²) in [6, 6.07) is 43.0. The van der Waals surface area contributed by atoms with Gasteiger partial charge in [0.1, 0.15) is 0 Å². The molecule has 5 rings (SSSR count). The first-order valence-electron chi connectivity index (χ1n) is 10.3. The number of rotatable bonds is 5. The summed E-state index contributed by atoms with van der Waals surface area (Å²) >= 11 is 0. The largest absolute Gasteiger partial charge is 0.288 e. The first kappa shape index (κ1) is 19.4. The second-order valence-corrected chi connectivity index (χ2v) is 9.50. The van der Waals surface area contributed by atoms with Crippen molar-refractivity contribution in [2.75, 3.05) is 0 Å². The van der Waals surface area contributed by atoms with Gasteiger partial charge in [0.05, 0.1) is 0 Å². The van der Waals surface area contributed by atoms with Crippen LogP contribution in [0.5, 0.6) is 0 Å². The predicted molar refractivity (Wildman–Crippen MR) is 133 cm³/mol. The SMILES string of the molecule is O=C(c1ccc2ccccc2c1-c1ccccc1)P(c1ccccc1)c1ccccc1. The molecule has 2 heteroatoms. The molecule has 0 spiro atoms. The van der Waals surface area contributed by atoms with Gasteiger partial charge in [-0.2, -0.15) is 0 Å². The summed E-state index contributed by atoms with van der Waals surface area (Å²) in [6.45, 7) is 0. The molecule has 0 aliphatic carbocycles. The van der Waals surface area contributed by atoms with E-state index in [9.17, 15) is 4.79 Å². The van der Waals surface area contributed by atoms with Crippen LogP contribution in [0.3, 0.4) is 0 Å². The van der Waals surface area contributed by atoms with E-state index in [1.807, 2.05) is 72.8 Å². The molecule has 0 aromatic heterocycles. The lowest BCUT2D eigenvalue weighted by molar-refractivity contribution is 0.108. The summed E-state index contributed by atoms with van der Waals surface area (Å²) < 4.78 is 0. The van der Waals surface area contributed by atoms with Crippen molar-refractivity contribution in [3.05, 3.63) is 133 Å². The summed E-state index contributed by atoms with van der Waals surface area (Å²) in [4.78, 5) is 14.2. The van der Waals surface area contributed by atoms with E-state index in [4.69, 9.17) is 0 Å². The number of benzene rings is 5. The Morgan fingerprint density at radius 1 is 0.516 bits per heavy atom. The Balaban J connectivity index is 1.75. The lowest BCUT2D eigenvalue weighted by Gasteiger charge is -2.20. The van der Waals surface area contributed by atoms with Gasteiger partial charge in [-0.25, -0.2) is 0 Å². The predicted octanol–water partition coefficient (Wildman–Crippen LogP) is 6.78. The van der Waals surface area contributed by atoms with Gasteiger partial charge in [-0.1, -0.05) is 121 Å². The fourth-order valence-corrected chi connectivity index (χ4v) is 6.16. The molecule has 0 bridgehead atoms. The zero-order chi connectivity index (χ0) is 21.0. The minimum atomic E-state index is -1.19. The normalized spacial score (nSPS) is 11.0. The van der Waals surface area contributed by atoms with E-state index in [0.717, 1.165) is 38.1 Å². The molecular formula is C29H21OP. The van der Waals surface area contributed by atoms with E-state index >= 15 is 0 Å². The van der Waals surface area contributed by atoms with Gasteiger partial charge >= 0.3 is 0 Å². The summed E-state index contributed by atoms with van der Waals surface area (Å²) in [5.41, 5.74) is 3.04. The molecule has 0 amide bonds. The van der Waals surface area contributed by atoms with Gasteiger partial charge in [0, 0.05) is 19.0 Å². The minimum absolute atomic E-state index is 0.178. The molecule has 0 unspecified atom stereocenters. The monoisotopic (exact) mass is 416 g/mol. The fourth-order valence-electron chi connectivity index (χ4n) is 4.02. The Hall–Kier alpha value is -3.54. The third-order valence-electron chi connectivity index (χ3n) is 5.45. The van der Waals surface area contributed by atoms with Crippen molar-refractivity contribution in [2.24, 2.45) is 0 Å². The van der Waals surface area contributed by atoms with Gasteiger partial charge in [-0.3, -0.25) is 4.79 Å². The fraction of sp³-hybridized carbons (Fsp3) is 0. The van der Waals surface area contributed by atoms with Gasteiger partial charge in [0.15, 0.2) is 5.52 Å². The number of fused-ring (bicyclic) bond motifs is 1. The average molecular weight is 416 g/mol. The van der Waals surface area contributed by atoms with Crippen molar-refractivity contribution in [1.82, 2.24) is 0 Å². The molecular weight excluding hydrogens is 395 g/mol. The highest BCUT2D eigenvalue weighted by molar-refractivity contribution is 7.88. The Bertz CT molecular complexity index is 1290. The lowest BCUT2D eigenvalue weighted by Crippen LogP contribution is -2.18. The molecule has 0 heterocycles. The smallest absolute Gasteiger partial charge is 0.193 e.